The van der Waals surface area contributed by atoms with E-state index >= 15 is 0 Å². The lowest BCUT2D eigenvalue weighted by atomic mass is 9.98. The van der Waals surface area contributed by atoms with Crippen molar-refractivity contribution in [3.05, 3.63) is 34.9 Å². The number of carbonyl (C=O) groups excluding carboxylic acids is 1. The molecule has 0 unspecified atom stereocenters. The van der Waals surface area contributed by atoms with Gasteiger partial charge in [0.25, 0.3) is 0 Å². The lowest BCUT2D eigenvalue weighted by Crippen LogP contribution is -2.39. The van der Waals surface area contributed by atoms with Crippen molar-refractivity contribution in [2.75, 3.05) is 18.6 Å². The van der Waals surface area contributed by atoms with Crippen molar-refractivity contribution in [1.82, 2.24) is 10.6 Å². The Morgan fingerprint density at radius 2 is 1.95 bits per heavy atom. The first-order valence-electron chi connectivity index (χ1n) is 6.49. The number of amides is 2. The van der Waals surface area contributed by atoms with Crippen molar-refractivity contribution in [2.45, 2.75) is 26.8 Å². The average Bonchev–Trinajstić information content (AvgIpc) is 2.30. The first-order valence-corrected chi connectivity index (χ1v) is 8.55. The number of hydrogen-bond acceptors (Lipinski definition) is 3. The summed E-state index contributed by atoms with van der Waals surface area (Å²) in [6.07, 6.45) is 1.14. The van der Waals surface area contributed by atoms with E-state index in [1.807, 2.05) is 39.0 Å². The van der Waals surface area contributed by atoms with Gasteiger partial charge in [-0.3, -0.25) is 0 Å². The van der Waals surface area contributed by atoms with Crippen LogP contribution in [0.4, 0.5) is 4.79 Å². The van der Waals surface area contributed by atoms with Crippen LogP contribution in [0.2, 0.25) is 0 Å². The molecule has 1 rings (SSSR count). The summed E-state index contributed by atoms with van der Waals surface area (Å²) < 4.78 is 21.9. The Morgan fingerprint density at radius 1 is 1.30 bits per heavy atom. The molecule has 0 radical (unpaired) electrons. The van der Waals surface area contributed by atoms with E-state index in [0.29, 0.717) is 0 Å². The molecule has 0 bridgehead atoms. The van der Waals surface area contributed by atoms with Crippen molar-refractivity contribution < 1.29 is 13.2 Å². The highest BCUT2D eigenvalue weighted by Gasteiger charge is 2.12. The Labute approximate surface area is 120 Å². The quantitative estimate of drug-likeness (QED) is 0.869. The highest BCUT2D eigenvalue weighted by Crippen LogP contribution is 2.19. The van der Waals surface area contributed by atoms with Crippen molar-refractivity contribution in [3.63, 3.8) is 0 Å². The van der Waals surface area contributed by atoms with Crippen molar-refractivity contribution in [3.8, 4) is 0 Å². The first kappa shape index (κ1) is 16.5. The zero-order valence-corrected chi connectivity index (χ0v) is 13.2. The highest BCUT2D eigenvalue weighted by molar-refractivity contribution is 7.90. The van der Waals surface area contributed by atoms with Crippen molar-refractivity contribution >= 4 is 15.9 Å². The zero-order valence-electron chi connectivity index (χ0n) is 12.4. The molecule has 112 valence electrons. The maximum atomic E-state index is 11.7. The lowest BCUT2D eigenvalue weighted by molar-refractivity contribution is 0.238. The molecule has 20 heavy (non-hydrogen) atoms. The molecule has 0 aliphatic rings. The minimum absolute atomic E-state index is 0.0573. The van der Waals surface area contributed by atoms with Gasteiger partial charge >= 0.3 is 6.03 Å². The standard InChI is InChI=1S/C14H22N2O3S/c1-10-6-5-7-13(11(10)2)12(3)16-14(17)15-8-9-20(4,18)19/h5-7,12H,8-9H2,1-4H3,(H2,15,16,17)/t12-/m0/s1. The molecule has 1 aromatic carbocycles. The van der Waals surface area contributed by atoms with Crippen molar-refractivity contribution in [1.29, 1.82) is 0 Å². The Hall–Kier alpha value is -1.56. The maximum absolute atomic E-state index is 11.7. The van der Waals surface area contributed by atoms with Crippen LogP contribution in [0.15, 0.2) is 18.2 Å². The maximum Gasteiger partial charge on any atom is 0.315 e. The third-order valence-corrected chi connectivity index (χ3v) is 4.16. The number of carbonyl (C=O) groups is 1. The van der Waals surface area contributed by atoms with Crippen LogP contribution in [0.25, 0.3) is 0 Å². The summed E-state index contributed by atoms with van der Waals surface area (Å²) in [5.74, 6) is -0.0573. The van der Waals surface area contributed by atoms with E-state index in [1.54, 1.807) is 0 Å². The molecule has 0 heterocycles. The molecule has 5 nitrogen and oxygen atoms in total. The second kappa shape index (κ2) is 6.74. The third-order valence-electron chi connectivity index (χ3n) is 3.22. The topological polar surface area (TPSA) is 75.3 Å². The normalized spacial score (nSPS) is 12.8. The first-order chi connectivity index (χ1) is 9.20. The van der Waals surface area contributed by atoms with Crippen LogP contribution >= 0.6 is 0 Å². The predicted molar refractivity (Wildman–Crippen MR) is 80.6 cm³/mol. The molecular formula is C14H22N2O3S. The van der Waals surface area contributed by atoms with Crippen LogP contribution in [-0.2, 0) is 9.84 Å². The molecule has 1 atom stereocenters. The van der Waals surface area contributed by atoms with Gasteiger partial charge in [-0.05, 0) is 37.5 Å². The smallest absolute Gasteiger partial charge is 0.315 e. The van der Waals surface area contributed by atoms with Gasteiger partial charge in [-0.25, -0.2) is 13.2 Å². The number of urea groups is 1. The number of nitrogens with one attached hydrogen (secondary N) is 2. The summed E-state index contributed by atoms with van der Waals surface area (Å²) in [4.78, 5) is 11.7. The molecule has 0 spiro atoms. The van der Waals surface area contributed by atoms with Crippen LogP contribution in [0.3, 0.4) is 0 Å². The van der Waals surface area contributed by atoms with Crippen LogP contribution < -0.4 is 10.6 Å². The van der Waals surface area contributed by atoms with E-state index in [2.05, 4.69) is 10.6 Å². The predicted octanol–water partition coefficient (Wildman–Crippen LogP) is 1.71. The summed E-state index contributed by atoms with van der Waals surface area (Å²) in [6.45, 7) is 6.06. The third kappa shape index (κ3) is 5.21. The summed E-state index contributed by atoms with van der Waals surface area (Å²) >= 11 is 0. The van der Waals surface area contributed by atoms with E-state index in [0.717, 1.165) is 17.4 Å². The summed E-state index contributed by atoms with van der Waals surface area (Å²) in [5.41, 5.74) is 3.38. The molecule has 2 N–H and O–H groups in total. The largest absolute Gasteiger partial charge is 0.337 e. The van der Waals surface area contributed by atoms with Crippen LogP contribution in [0.5, 0.6) is 0 Å². The SMILES string of the molecule is Cc1cccc([C@H](C)NC(=O)NCCS(C)(=O)=O)c1C. The van der Waals surface area contributed by atoms with Gasteiger partial charge in [0.05, 0.1) is 11.8 Å². The van der Waals surface area contributed by atoms with Crippen LogP contribution in [0.1, 0.15) is 29.7 Å². The number of benzene rings is 1. The fraction of sp³-hybridized carbons (Fsp3) is 0.500. The molecule has 0 aromatic heterocycles. The van der Waals surface area contributed by atoms with Gasteiger partial charge < -0.3 is 10.6 Å². The molecule has 0 aliphatic carbocycles. The summed E-state index contributed by atoms with van der Waals surface area (Å²) in [6, 6.07) is 5.47. The Bertz CT molecular complexity index is 582. The minimum Gasteiger partial charge on any atom is -0.337 e. The van der Waals surface area contributed by atoms with Gasteiger partial charge in [0.1, 0.15) is 9.84 Å². The van der Waals surface area contributed by atoms with E-state index in [9.17, 15) is 13.2 Å². The van der Waals surface area contributed by atoms with Gasteiger partial charge in [-0.1, -0.05) is 18.2 Å². The number of aryl methyl sites for hydroxylation is 1. The second-order valence-electron chi connectivity index (χ2n) is 5.04. The zero-order chi connectivity index (χ0) is 15.3. The van der Waals surface area contributed by atoms with E-state index in [4.69, 9.17) is 0 Å². The van der Waals surface area contributed by atoms with Gasteiger partial charge in [-0.2, -0.15) is 0 Å². The molecule has 0 saturated heterocycles. The summed E-state index contributed by atoms with van der Waals surface area (Å²) in [7, 11) is -3.06. The van der Waals surface area contributed by atoms with Crippen molar-refractivity contribution in [2.24, 2.45) is 0 Å². The average molecular weight is 298 g/mol. The molecule has 6 heteroatoms. The Balaban J connectivity index is 2.55. The number of hydrogen-bond donors (Lipinski definition) is 2. The van der Waals surface area contributed by atoms with Gasteiger partial charge in [0.2, 0.25) is 0 Å². The molecule has 0 fully saturated rings. The lowest BCUT2D eigenvalue weighted by Gasteiger charge is -2.18. The number of sulfone groups is 1. The summed E-state index contributed by atoms with van der Waals surface area (Å²) in [5, 5.41) is 5.35. The highest BCUT2D eigenvalue weighted by atomic mass is 32.2. The molecule has 0 saturated carbocycles. The Morgan fingerprint density at radius 3 is 2.55 bits per heavy atom. The molecular weight excluding hydrogens is 276 g/mol. The molecule has 0 aliphatic heterocycles. The Kier molecular flexibility index (Phi) is 5.56. The molecule has 2 amide bonds. The fourth-order valence-corrected chi connectivity index (χ4v) is 2.39. The van der Waals surface area contributed by atoms with Crippen LogP contribution in [-0.4, -0.2) is 33.0 Å². The van der Waals surface area contributed by atoms with Gasteiger partial charge in [0, 0.05) is 12.8 Å². The molecule has 1 aromatic rings. The van der Waals surface area contributed by atoms with Crippen LogP contribution in [0, 0.1) is 13.8 Å². The van der Waals surface area contributed by atoms with Gasteiger partial charge in [-0.15, -0.1) is 0 Å². The van der Waals surface area contributed by atoms with Gasteiger partial charge in [0.15, 0.2) is 0 Å². The monoisotopic (exact) mass is 298 g/mol. The minimum atomic E-state index is -3.06. The van der Waals surface area contributed by atoms with E-state index < -0.39 is 9.84 Å². The van der Waals surface area contributed by atoms with E-state index in [1.165, 1.54) is 5.56 Å². The second-order valence-corrected chi connectivity index (χ2v) is 7.30. The fourth-order valence-electron chi connectivity index (χ4n) is 1.92. The van der Waals surface area contributed by atoms with E-state index in [-0.39, 0.29) is 24.4 Å². The number of rotatable bonds is 5.